The molecule has 2 heterocycles. The second kappa shape index (κ2) is 5.30. The molecule has 1 aliphatic carbocycles. The molecular formula is C18H23BN2O2S. The number of anilines is 1. The van der Waals surface area contributed by atoms with Crippen LogP contribution in [0, 0.1) is 11.3 Å². The number of aromatic nitrogens is 1. The van der Waals surface area contributed by atoms with Gasteiger partial charge in [-0.1, -0.05) is 31.3 Å². The third kappa shape index (κ3) is 2.76. The number of nitrogens with one attached hydrogen (secondary N) is 1. The third-order valence-electron chi connectivity index (χ3n) is 5.72. The Balaban J connectivity index is 1.58. The zero-order valence-corrected chi connectivity index (χ0v) is 15.5. The fraction of sp³-hybridized carbons (Fsp3) is 0.556. The molecule has 4 nitrogen and oxygen atoms in total. The molecule has 2 fully saturated rings. The van der Waals surface area contributed by atoms with Gasteiger partial charge in [-0.15, -0.1) is 0 Å². The lowest BCUT2D eigenvalue weighted by atomic mass is 9.54. The zero-order valence-electron chi connectivity index (χ0n) is 14.7. The lowest BCUT2D eigenvalue weighted by Gasteiger charge is -2.34. The third-order valence-corrected chi connectivity index (χ3v) is 6.66. The molecule has 1 N–H and O–H groups in total. The van der Waals surface area contributed by atoms with Gasteiger partial charge in [0.1, 0.15) is 0 Å². The van der Waals surface area contributed by atoms with Gasteiger partial charge < -0.3 is 9.97 Å². The summed E-state index contributed by atoms with van der Waals surface area (Å²) in [6.45, 7) is 8.99. The molecule has 1 aromatic carbocycles. The van der Waals surface area contributed by atoms with Crippen LogP contribution in [0.3, 0.4) is 0 Å². The van der Waals surface area contributed by atoms with E-state index >= 15 is 0 Å². The highest BCUT2D eigenvalue weighted by molar-refractivity contribution is 7.22. The quantitative estimate of drug-likeness (QED) is 0.866. The van der Waals surface area contributed by atoms with Crippen molar-refractivity contribution in [2.75, 3.05) is 5.32 Å². The largest absolute Gasteiger partial charge is 0.426 e. The zero-order chi connectivity index (χ0) is 17.1. The van der Waals surface area contributed by atoms with Gasteiger partial charge in [0.05, 0.1) is 15.8 Å². The van der Waals surface area contributed by atoms with Gasteiger partial charge in [-0.05, 0) is 56.0 Å². The second-order valence-corrected chi connectivity index (χ2v) is 9.25. The van der Waals surface area contributed by atoms with Crippen LogP contribution in [-0.2, 0) is 9.45 Å². The van der Waals surface area contributed by atoms with Crippen molar-refractivity contribution in [3.8, 4) is 0 Å². The first kappa shape index (κ1) is 16.1. The van der Waals surface area contributed by atoms with E-state index in [1.54, 1.807) is 11.3 Å². The molecule has 126 valence electrons. The van der Waals surface area contributed by atoms with E-state index in [1.165, 1.54) is 5.46 Å². The number of thiazole rings is 1. The Morgan fingerprint density at radius 2 is 2.08 bits per heavy atom. The molecule has 1 amide bonds. The molecule has 0 bridgehead atoms. The van der Waals surface area contributed by atoms with E-state index in [2.05, 4.69) is 50.1 Å². The molecule has 1 saturated heterocycles. The maximum Gasteiger partial charge on any atom is 0.328 e. The molecule has 0 spiro atoms. The van der Waals surface area contributed by atoms with Gasteiger partial charge in [0.2, 0.25) is 5.91 Å². The van der Waals surface area contributed by atoms with E-state index in [0.717, 1.165) is 29.4 Å². The highest BCUT2D eigenvalue weighted by Gasteiger charge is 2.49. The van der Waals surface area contributed by atoms with Crippen LogP contribution in [0.4, 0.5) is 5.13 Å². The lowest BCUT2D eigenvalue weighted by molar-refractivity contribution is -0.117. The van der Waals surface area contributed by atoms with Crippen LogP contribution in [-0.4, -0.2) is 23.4 Å². The van der Waals surface area contributed by atoms with E-state index in [4.69, 9.17) is 4.65 Å². The highest BCUT2D eigenvalue weighted by atomic mass is 32.1. The number of rotatable bonds is 3. The van der Waals surface area contributed by atoms with Gasteiger partial charge in [0.25, 0.3) is 0 Å². The van der Waals surface area contributed by atoms with Crippen molar-refractivity contribution in [3.63, 3.8) is 0 Å². The van der Waals surface area contributed by atoms with E-state index in [9.17, 15) is 4.79 Å². The van der Waals surface area contributed by atoms with Crippen LogP contribution in [0.2, 0.25) is 6.32 Å². The molecule has 1 aromatic heterocycles. The molecule has 1 aliphatic heterocycles. The fourth-order valence-electron chi connectivity index (χ4n) is 3.20. The van der Waals surface area contributed by atoms with E-state index in [1.807, 2.05) is 6.07 Å². The molecule has 1 saturated carbocycles. The van der Waals surface area contributed by atoms with Crippen molar-refractivity contribution in [2.45, 2.75) is 52.5 Å². The molecule has 0 radical (unpaired) electrons. The summed E-state index contributed by atoms with van der Waals surface area (Å²) in [6, 6.07) is 6.31. The van der Waals surface area contributed by atoms with E-state index in [0.29, 0.717) is 5.13 Å². The molecule has 2 aromatic rings. The van der Waals surface area contributed by atoms with Crippen LogP contribution < -0.4 is 10.8 Å². The van der Waals surface area contributed by atoms with Gasteiger partial charge in [0, 0.05) is 5.92 Å². The summed E-state index contributed by atoms with van der Waals surface area (Å²) >= 11 is 1.54. The van der Waals surface area contributed by atoms with Gasteiger partial charge in [-0.25, -0.2) is 4.98 Å². The van der Waals surface area contributed by atoms with Crippen LogP contribution in [0.25, 0.3) is 10.2 Å². The van der Waals surface area contributed by atoms with Crippen molar-refractivity contribution < 1.29 is 9.45 Å². The molecule has 0 unspecified atom stereocenters. The topological polar surface area (TPSA) is 51.2 Å². The average Bonchev–Trinajstić information content (AvgIpc) is 3.21. The van der Waals surface area contributed by atoms with Crippen molar-refractivity contribution in [3.05, 3.63) is 18.2 Å². The van der Waals surface area contributed by atoms with Gasteiger partial charge in [-0.2, -0.15) is 0 Å². The SMILES string of the molecule is CC1(C)CB(c2ccc3nc(NC(=O)C4CC4)sc3c2)OC1(C)C. The lowest BCUT2D eigenvalue weighted by Crippen LogP contribution is -2.36. The number of benzene rings is 1. The Bertz CT molecular complexity index is 794. The van der Waals surface area contributed by atoms with Gasteiger partial charge in [-0.3, -0.25) is 4.79 Å². The minimum Gasteiger partial charge on any atom is -0.426 e. The Hall–Kier alpha value is -1.40. The summed E-state index contributed by atoms with van der Waals surface area (Å²) in [5, 5.41) is 3.65. The summed E-state index contributed by atoms with van der Waals surface area (Å²) in [6.07, 6.45) is 3.02. The van der Waals surface area contributed by atoms with Gasteiger partial charge >= 0.3 is 6.92 Å². The summed E-state index contributed by atoms with van der Waals surface area (Å²) in [5.41, 5.74) is 2.14. The predicted octanol–water partition coefficient (Wildman–Crippen LogP) is 3.68. The minimum atomic E-state index is -0.135. The maximum absolute atomic E-state index is 11.9. The molecule has 4 rings (SSSR count). The summed E-state index contributed by atoms with van der Waals surface area (Å²) in [4.78, 5) is 16.4. The fourth-order valence-corrected chi connectivity index (χ4v) is 4.12. The van der Waals surface area contributed by atoms with Crippen LogP contribution in [0.15, 0.2) is 18.2 Å². The standard InChI is InChI=1S/C18H23BN2O2S/c1-17(2)10-19(23-18(17,3)4)12-7-8-13-14(9-12)24-16(20-13)21-15(22)11-5-6-11/h7-9,11H,5-6,10H2,1-4H3,(H,20,21,22). The first-order chi connectivity index (χ1) is 11.2. The number of hydrogen-bond donors (Lipinski definition) is 1. The Morgan fingerprint density at radius 1 is 1.33 bits per heavy atom. The van der Waals surface area contributed by atoms with Crippen LogP contribution in [0.1, 0.15) is 40.5 Å². The van der Waals surface area contributed by atoms with Crippen molar-refractivity contribution >= 4 is 45.0 Å². The number of carbonyl (C=O) groups is 1. The Labute approximate surface area is 147 Å². The first-order valence-electron chi connectivity index (χ1n) is 8.64. The van der Waals surface area contributed by atoms with Gasteiger partial charge in [0.15, 0.2) is 5.13 Å². The minimum absolute atomic E-state index is 0.108. The van der Waals surface area contributed by atoms with E-state index in [-0.39, 0.29) is 29.8 Å². The van der Waals surface area contributed by atoms with Crippen molar-refractivity contribution in [1.82, 2.24) is 4.98 Å². The summed E-state index contributed by atoms with van der Waals surface area (Å²) < 4.78 is 7.43. The number of nitrogens with zero attached hydrogens (tertiary/aromatic N) is 1. The smallest absolute Gasteiger partial charge is 0.328 e. The molecule has 2 aliphatic rings. The number of fused-ring (bicyclic) bond motifs is 1. The molecule has 6 heteroatoms. The average molecular weight is 342 g/mol. The number of carbonyl (C=O) groups excluding carboxylic acids is 1. The monoisotopic (exact) mass is 342 g/mol. The summed E-state index contributed by atoms with van der Waals surface area (Å²) in [7, 11) is 0. The highest BCUT2D eigenvalue weighted by Crippen LogP contribution is 2.45. The van der Waals surface area contributed by atoms with Crippen molar-refractivity contribution in [2.24, 2.45) is 11.3 Å². The maximum atomic E-state index is 11.9. The number of hydrogen-bond acceptors (Lipinski definition) is 4. The first-order valence-corrected chi connectivity index (χ1v) is 9.46. The Kier molecular flexibility index (Phi) is 3.55. The molecular weight excluding hydrogens is 319 g/mol. The van der Waals surface area contributed by atoms with Crippen LogP contribution in [0.5, 0.6) is 0 Å². The number of amides is 1. The normalized spacial score (nSPS) is 22.1. The molecule has 0 atom stereocenters. The second-order valence-electron chi connectivity index (χ2n) is 8.21. The predicted molar refractivity (Wildman–Crippen MR) is 100 cm³/mol. The van der Waals surface area contributed by atoms with E-state index < -0.39 is 0 Å². The van der Waals surface area contributed by atoms with Crippen LogP contribution >= 0.6 is 11.3 Å². The Morgan fingerprint density at radius 3 is 2.71 bits per heavy atom. The molecule has 24 heavy (non-hydrogen) atoms. The van der Waals surface area contributed by atoms with Crippen molar-refractivity contribution in [1.29, 1.82) is 0 Å². The summed E-state index contributed by atoms with van der Waals surface area (Å²) in [5.74, 6) is 0.306.